The highest BCUT2D eigenvalue weighted by molar-refractivity contribution is 5.76. The molecule has 1 amide bonds. The molecule has 2 heterocycles. The fraction of sp³-hybridized carbons (Fsp3) is 0.941. The standard InChI is InChI=1S/C17H30N2O/c1-12(14-5-3-2-4-6-14)18-17(20)11-13-9-15-7-8-16(10-13)19-15/h12-16,19H,2-11H2,1H3,(H,18,20). The minimum Gasteiger partial charge on any atom is -0.353 e. The van der Waals surface area contributed by atoms with Gasteiger partial charge in [-0.2, -0.15) is 0 Å². The van der Waals surface area contributed by atoms with E-state index in [4.69, 9.17) is 0 Å². The van der Waals surface area contributed by atoms with Gasteiger partial charge >= 0.3 is 0 Å². The van der Waals surface area contributed by atoms with Crippen molar-refractivity contribution in [3.63, 3.8) is 0 Å². The van der Waals surface area contributed by atoms with Crippen LogP contribution in [-0.4, -0.2) is 24.0 Å². The first-order chi connectivity index (χ1) is 9.70. The summed E-state index contributed by atoms with van der Waals surface area (Å²) in [7, 11) is 0. The van der Waals surface area contributed by atoms with Crippen LogP contribution in [0.15, 0.2) is 0 Å². The number of carbonyl (C=O) groups is 1. The monoisotopic (exact) mass is 278 g/mol. The van der Waals surface area contributed by atoms with Crippen LogP contribution >= 0.6 is 0 Å². The number of amides is 1. The topological polar surface area (TPSA) is 41.1 Å². The van der Waals surface area contributed by atoms with Crippen LogP contribution in [0.4, 0.5) is 0 Å². The van der Waals surface area contributed by atoms with Crippen molar-refractivity contribution in [3.8, 4) is 0 Å². The van der Waals surface area contributed by atoms with Crippen LogP contribution in [0.3, 0.4) is 0 Å². The maximum absolute atomic E-state index is 12.3. The molecule has 1 saturated carbocycles. The Morgan fingerprint density at radius 1 is 1.10 bits per heavy atom. The zero-order valence-corrected chi connectivity index (χ0v) is 12.9. The van der Waals surface area contributed by atoms with E-state index in [1.807, 2.05) is 0 Å². The predicted octanol–water partition coefficient (Wildman–Crippen LogP) is 2.99. The van der Waals surface area contributed by atoms with Gasteiger partial charge in [-0.05, 0) is 57.3 Å². The van der Waals surface area contributed by atoms with E-state index in [1.165, 1.54) is 57.8 Å². The van der Waals surface area contributed by atoms with Gasteiger partial charge in [0.05, 0.1) is 0 Å². The molecule has 2 saturated heterocycles. The van der Waals surface area contributed by atoms with E-state index in [-0.39, 0.29) is 0 Å². The van der Waals surface area contributed by atoms with Crippen LogP contribution in [0.2, 0.25) is 0 Å². The highest BCUT2D eigenvalue weighted by Crippen LogP contribution is 2.33. The second-order valence-corrected chi connectivity index (χ2v) is 7.43. The molecule has 0 radical (unpaired) electrons. The molecule has 2 aliphatic heterocycles. The minimum absolute atomic E-state index is 0.300. The van der Waals surface area contributed by atoms with E-state index in [0.29, 0.717) is 30.0 Å². The number of fused-ring (bicyclic) bond motifs is 2. The summed E-state index contributed by atoms with van der Waals surface area (Å²) in [5.41, 5.74) is 0. The molecular weight excluding hydrogens is 248 g/mol. The van der Waals surface area contributed by atoms with Crippen molar-refractivity contribution < 1.29 is 4.79 Å². The maximum atomic E-state index is 12.3. The number of nitrogens with one attached hydrogen (secondary N) is 2. The summed E-state index contributed by atoms with van der Waals surface area (Å²) in [6.07, 6.45) is 12.5. The van der Waals surface area contributed by atoms with Gasteiger partial charge in [-0.25, -0.2) is 0 Å². The summed E-state index contributed by atoms with van der Waals surface area (Å²) >= 11 is 0. The third-order valence-electron chi connectivity index (χ3n) is 5.79. The lowest BCUT2D eigenvalue weighted by Crippen LogP contribution is -2.42. The molecule has 0 aromatic heterocycles. The van der Waals surface area contributed by atoms with Gasteiger partial charge in [0.25, 0.3) is 0 Å². The zero-order valence-electron chi connectivity index (χ0n) is 12.9. The van der Waals surface area contributed by atoms with Gasteiger partial charge in [0.1, 0.15) is 0 Å². The lowest BCUT2D eigenvalue weighted by molar-refractivity contribution is -0.123. The average Bonchev–Trinajstić information content (AvgIpc) is 2.78. The second-order valence-electron chi connectivity index (χ2n) is 7.43. The molecule has 20 heavy (non-hydrogen) atoms. The third kappa shape index (κ3) is 3.55. The van der Waals surface area contributed by atoms with E-state index >= 15 is 0 Å². The van der Waals surface area contributed by atoms with Crippen LogP contribution in [0.5, 0.6) is 0 Å². The van der Waals surface area contributed by atoms with Crippen LogP contribution in [-0.2, 0) is 4.79 Å². The molecule has 3 fully saturated rings. The number of carbonyl (C=O) groups excluding carboxylic acids is 1. The van der Waals surface area contributed by atoms with E-state index in [9.17, 15) is 4.79 Å². The SMILES string of the molecule is CC(NC(=O)CC1CC2CCC(C1)N2)C1CCCCC1. The lowest BCUT2D eigenvalue weighted by Gasteiger charge is -2.31. The van der Waals surface area contributed by atoms with Crippen molar-refractivity contribution in [3.05, 3.63) is 0 Å². The molecule has 0 aromatic carbocycles. The Morgan fingerprint density at radius 2 is 1.75 bits per heavy atom. The van der Waals surface area contributed by atoms with E-state index in [2.05, 4.69) is 17.6 Å². The molecule has 3 nitrogen and oxygen atoms in total. The van der Waals surface area contributed by atoms with Crippen molar-refractivity contribution >= 4 is 5.91 Å². The summed E-state index contributed by atoms with van der Waals surface area (Å²) in [4.78, 5) is 12.3. The Balaban J connectivity index is 1.42. The summed E-state index contributed by atoms with van der Waals surface area (Å²) in [5.74, 6) is 1.64. The Labute approximate surface area is 123 Å². The van der Waals surface area contributed by atoms with Gasteiger partial charge in [0.15, 0.2) is 0 Å². The van der Waals surface area contributed by atoms with Gasteiger partial charge in [-0.15, -0.1) is 0 Å². The van der Waals surface area contributed by atoms with Crippen molar-refractivity contribution in [1.29, 1.82) is 0 Å². The molecule has 3 atom stereocenters. The Kier molecular flexibility index (Phi) is 4.65. The first kappa shape index (κ1) is 14.4. The molecule has 0 spiro atoms. The lowest BCUT2D eigenvalue weighted by atomic mass is 9.84. The Hall–Kier alpha value is -0.570. The first-order valence-electron chi connectivity index (χ1n) is 8.76. The predicted molar refractivity (Wildman–Crippen MR) is 81.5 cm³/mol. The van der Waals surface area contributed by atoms with Gasteiger partial charge in [-0.1, -0.05) is 19.3 Å². The molecule has 3 unspecified atom stereocenters. The molecule has 3 rings (SSSR count). The Morgan fingerprint density at radius 3 is 2.40 bits per heavy atom. The van der Waals surface area contributed by atoms with E-state index in [1.54, 1.807) is 0 Å². The third-order valence-corrected chi connectivity index (χ3v) is 5.79. The number of rotatable bonds is 4. The first-order valence-corrected chi connectivity index (χ1v) is 8.76. The summed E-state index contributed by atoms with van der Waals surface area (Å²) in [6.45, 7) is 2.21. The molecule has 114 valence electrons. The van der Waals surface area contributed by atoms with Gasteiger partial charge < -0.3 is 10.6 Å². The molecule has 2 N–H and O–H groups in total. The Bertz CT molecular complexity index is 326. The van der Waals surface area contributed by atoms with Crippen LogP contribution in [0.25, 0.3) is 0 Å². The number of hydrogen-bond acceptors (Lipinski definition) is 2. The normalized spacial score (nSPS) is 35.8. The average molecular weight is 278 g/mol. The number of piperidine rings is 1. The summed E-state index contributed by atoms with van der Waals surface area (Å²) in [5, 5.41) is 6.94. The fourth-order valence-corrected chi connectivity index (χ4v) is 4.67. The smallest absolute Gasteiger partial charge is 0.220 e. The van der Waals surface area contributed by atoms with Crippen LogP contribution < -0.4 is 10.6 Å². The highest BCUT2D eigenvalue weighted by Gasteiger charge is 2.34. The van der Waals surface area contributed by atoms with Crippen molar-refractivity contribution in [2.24, 2.45) is 11.8 Å². The van der Waals surface area contributed by atoms with Crippen LogP contribution in [0.1, 0.15) is 71.1 Å². The molecule has 2 bridgehead atoms. The zero-order chi connectivity index (χ0) is 13.9. The fourth-order valence-electron chi connectivity index (χ4n) is 4.67. The van der Waals surface area contributed by atoms with Gasteiger partial charge in [0, 0.05) is 24.5 Å². The largest absolute Gasteiger partial charge is 0.353 e. The maximum Gasteiger partial charge on any atom is 0.220 e. The molecule has 1 aliphatic carbocycles. The van der Waals surface area contributed by atoms with Crippen molar-refractivity contribution in [2.75, 3.05) is 0 Å². The second kappa shape index (κ2) is 6.46. The molecule has 3 heteroatoms. The highest BCUT2D eigenvalue weighted by atomic mass is 16.1. The minimum atomic E-state index is 0.300. The van der Waals surface area contributed by atoms with E-state index < -0.39 is 0 Å². The van der Waals surface area contributed by atoms with Crippen molar-refractivity contribution in [2.45, 2.75) is 89.3 Å². The van der Waals surface area contributed by atoms with Crippen molar-refractivity contribution in [1.82, 2.24) is 10.6 Å². The molecular formula is C17H30N2O. The van der Waals surface area contributed by atoms with E-state index in [0.717, 1.165) is 12.3 Å². The van der Waals surface area contributed by atoms with Gasteiger partial charge in [-0.3, -0.25) is 4.79 Å². The summed E-state index contributed by atoms with van der Waals surface area (Å²) < 4.78 is 0. The molecule has 0 aromatic rings. The van der Waals surface area contributed by atoms with Crippen LogP contribution in [0, 0.1) is 11.8 Å². The quantitative estimate of drug-likeness (QED) is 0.830. The van der Waals surface area contributed by atoms with Gasteiger partial charge in [0.2, 0.25) is 5.91 Å². The molecule has 3 aliphatic rings. The summed E-state index contributed by atoms with van der Waals surface area (Å²) in [6, 6.07) is 1.77. The number of hydrogen-bond donors (Lipinski definition) is 2.